The Labute approximate surface area is 122 Å². The Kier molecular flexibility index (Phi) is 6.78. The van der Waals surface area contributed by atoms with Crippen molar-refractivity contribution in [2.24, 2.45) is 0 Å². The molecule has 6 heteroatoms. The van der Waals surface area contributed by atoms with Crippen LogP contribution < -0.4 is 5.32 Å². The average Bonchev–Trinajstić information content (AvgIpc) is 2.41. The summed E-state index contributed by atoms with van der Waals surface area (Å²) in [6, 6.07) is 3.49. The first-order valence-corrected chi connectivity index (χ1v) is 6.87. The molecule has 4 nitrogen and oxygen atoms in total. The number of benzene rings is 1. The normalized spacial score (nSPS) is 12.0. The molecular formula is C15H19F2NO3. The Bertz CT molecular complexity index is 485. The maximum atomic E-state index is 13.6. The molecule has 2 N–H and O–H groups in total. The minimum absolute atomic E-state index is 0.102. The van der Waals surface area contributed by atoms with Crippen molar-refractivity contribution in [2.45, 2.75) is 38.5 Å². The summed E-state index contributed by atoms with van der Waals surface area (Å²) < 4.78 is 27.1. The zero-order chi connectivity index (χ0) is 15.8. The maximum Gasteiger partial charge on any atom is 0.303 e. The molecule has 1 unspecified atom stereocenters. The minimum atomic E-state index is -0.912. The first-order valence-electron chi connectivity index (χ1n) is 6.87. The van der Waals surface area contributed by atoms with E-state index in [2.05, 4.69) is 5.32 Å². The van der Waals surface area contributed by atoms with E-state index in [1.54, 1.807) is 0 Å². The lowest BCUT2D eigenvalue weighted by molar-refractivity contribution is -0.137. The number of unbranched alkanes of at least 4 members (excludes halogenated alkanes) is 2. The van der Waals surface area contributed by atoms with Gasteiger partial charge in [-0.05, 0) is 31.9 Å². The molecule has 0 aromatic heterocycles. The van der Waals surface area contributed by atoms with E-state index in [0.717, 1.165) is 12.1 Å². The molecule has 0 fully saturated rings. The van der Waals surface area contributed by atoms with Crippen molar-refractivity contribution in [1.82, 2.24) is 5.32 Å². The molecular weight excluding hydrogens is 280 g/mol. The summed E-state index contributed by atoms with van der Waals surface area (Å²) in [5, 5.41) is 11.1. The summed E-state index contributed by atoms with van der Waals surface area (Å²) in [7, 11) is 0. The van der Waals surface area contributed by atoms with E-state index in [0.29, 0.717) is 25.8 Å². The quantitative estimate of drug-likeness (QED) is 0.725. The van der Waals surface area contributed by atoms with Crippen LogP contribution in [0.15, 0.2) is 18.2 Å². The van der Waals surface area contributed by atoms with Crippen molar-refractivity contribution < 1.29 is 23.5 Å². The highest BCUT2D eigenvalue weighted by atomic mass is 19.1. The molecule has 1 aromatic rings. The molecule has 1 amide bonds. The van der Waals surface area contributed by atoms with Gasteiger partial charge in [-0.2, -0.15) is 0 Å². The summed E-state index contributed by atoms with van der Waals surface area (Å²) in [5.74, 6) is -3.68. The lowest BCUT2D eigenvalue weighted by Gasteiger charge is -2.14. The third-order valence-corrected chi connectivity index (χ3v) is 3.19. The van der Waals surface area contributed by atoms with Gasteiger partial charge < -0.3 is 10.4 Å². The fourth-order valence-corrected chi connectivity index (χ4v) is 2.00. The monoisotopic (exact) mass is 299 g/mol. The van der Waals surface area contributed by atoms with Gasteiger partial charge in [-0.25, -0.2) is 8.78 Å². The average molecular weight is 299 g/mol. The summed E-state index contributed by atoms with van der Waals surface area (Å²) in [6.07, 6.45) is 1.95. The molecule has 0 radical (unpaired) electrons. The number of halogens is 2. The summed E-state index contributed by atoms with van der Waals surface area (Å²) in [4.78, 5) is 22.2. The van der Waals surface area contributed by atoms with Gasteiger partial charge in [0.25, 0.3) is 0 Å². The van der Waals surface area contributed by atoms with Crippen LogP contribution in [0.3, 0.4) is 0 Å². The van der Waals surface area contributed by atoms with Gasteiger partial charge in [-0.1, -0.05) is 12.5 Å². The van der Waals surface area contributed by atoms with Gasteiger partial charge in [0.15, 0.2) is 0 Å². The molecule has 0 bridgehead atoms. The van der Waals surface area contributed by atoms with E-state index in [-0.39, 0.29) is 12.0 Å². The molecule has 21 heavy (non-hydrogen) atoms. The van der Waals surface area contributed by atoms with E-state index in [1.807, 2.05) is 0 Å². The molecule has 0 aliphatic carbocycles. The molecule has 1 aromatic carbocycles. The number of nitrogens with one attached hydrogen (secondary N) is 1. The lowest BCUT2D eigenvalue weighted by atomic mass is 9.99. The highest BCUT2D eigenvalue weighted by Gasteiger charge is 2.21. The van der Waals surface area contributed by atoms with E-state index >= 15 is 0 Å². The summed E-state index contributed by atoms with van der Waals surface area (Å²) in [5.41, 5.74) is -0.235. The van der Waals surface area contributed by atoms with Gasteiger partial charge in [0.1, 0.15) is 11.6 Å². The molecule has 0 aliphatic heterocycles. The number of hydrogen-bond acceptors (Lipinski definition) is 2. The number of hydrogen-bond donors (Lipinski definition) is 2. The fraction of sp³-hybridized carbons (Fsp3) is 0.467. The lowest BCUT2D eigenvalue weighted by Crippen LogP contribution is -2.29. The van der Waals surface area contributed by atoms with Gasteiger partial charge in [0.2, 0.25) is 5.91 Å². The van der Waals surface area contributed by atoms with E-state index < -0.39 is 29.4 Å². The van der Waals surface area contributed by atoms with Crippen LogP contribution in [0.5, 0.6) is 0 Å². The second-order valence-corrected chi connectivity index (χ2v) is 4.85. The van der Waals surface area contributed by atoms with E-state index in [1.165, 1.54) is 13.0 Å². The molecule has 0 aliphatic rings. The second kappa shape index (κ2) is 8.34. The van der Waals surface area contributed by atoms with Crippen molar-refractivity contribution >= 4 is 11.9 Å². The van der Waals surface area contributed by atoms with Crippen molar-refractivity contribution in [1.29, 1.82) is 0 Å². The Morgan fingerprint density at radius 2 is 1.81 bits per heavy atom. The Balaban J connectivity index is 2.40. The van der Waals surface area contributed by atoms with Crippen molar-refractivity contribution in [3.63, 3.8) is 0 Å². The van der Waals surface area contributed by atoms with Crippen LogP contribution in [-0.4, -0.2) is 23.5 Å². The van der Waals surface area contributed by atoms with Gasteiger partial charge in [0.05, 0.1) is 5.92 Å². The smallest absolute Gasteiger partial charge is 0.303 e. The van der Waals surface area contributed by atoms with E-state index in [4.69, 9.17) is 5.11 Å². The van der Waals surface area contributed by atoms with Crippen molar-refractivity contribution in [3.8, 4) is 0 Å². The molecule has 0 saturated carbocycles. The van der Waals surface area contributed by atoms with Gasteiger partial charge in [-0.3, -0.25) is 9.59 Å². The molecule has 0 spiro atoms. The van der Waals surface area contributed by atoms with Gasteiger partial charge in [0, 0.05) is 18.5 Å². The van der Waals surface area contributed by atoms with Crippen LogP contribution in [-0.2, 0) is 9.59 Å². The largest absolute Gasteiger partial charge is 0.481 e. The second-order valence-electron chi connectivity index (χ2n) is 4.85. The molecule has 1 atom stereocenters. The Morgan fingerprint density at radius 1 is 1.19 bits per heavy atom. The number of carboxylic acids is 1. The van der Waals surface area contributed by atoms with Crippen LogP contribution in [0.25, 0.3) is 0 Å². The first kappa shape index (κ1) is 17.1. The first-order chi connectivity index (χ1) is 9.93. The van der Waals surface area contributed by atoms with Crippen molar-refractivity contribution in [2.75, 3.05) is 6.54 Å². The third kappa shape index (κ3) is 5.49. The maximum absolute atomic E-state index is 13.6. The fourth-order valence-electron chi connectivity index (χ4n) is 2.00. The summed E-state index contributed by atoms with van der Waals surface area (Å²) >= 11 is 0. The highest BCUT2D eigenvalue weighted by Crippen LogP contribution is 2.22. The molecule has 116 valence electrons. The minimum Gasteiger partial charge on any atom is -0.481 e. The van der Waals surface area contributed by atoms with E-state index in [9.17, 15) is 18.4 Å². The van der Waals surface area contributed by atoms with Gasteiger partial charge >= 0.3 is 5.97 Å². The van der Waals surface area contributed by atoms with Crippen LogP contribution in [0.2, 0.25) is 0 Å². The standard InChI is InChI=1S/C15H19F2NO3/c1-10(14-11(16)6-5-7-12(14)17)15(21)18-9-4-2-3-8-13(19)20/h5-7,10H,2-4,8-9H2,1H3,(H,18,21)(H,19,20). The van der Waals surface area contributed by atoms with Gasteiger partial charge in [-0.15, -0.1) is 0 Å². The Hall–Kier alpha value is -1.98. The third-order valence-electron chi connectivity index (χ3n) is 3.19. The molecule has 1 rings (SSSR count). The highest BCUT2D eigenvalue weighted by molar-refractivity contribution is 5.83. The topological polar surface area (TPSA) is 66.4 Å². The number of carboxylic acid groups (broad SMARTS) is 1. The SMILES string of the molecule is CC(C(=O)NCCCCCC(=O)O)c1c(F)cccc1F. The van der Waals surface area contributed by atoms with Crippen molar-refractivity contribution in [3.05, 3.63) is 35.4 Å². The van der Waals surface area contributed by atoms with Crippen LogP contribution >= 0.6 is 0 Å². The Morgan fingerprint density at radius 3 is 2.38 bits per heavy atom. The zero-order valence-corrected chi connectivity index (χ0v) is 11.9. The predicted molar refractivity (Wildman–Crippen MR) is 73.9 cm³/mol. The van der Waals surface area contributed by atoms with Crippen LogP contribution in [0.4, 0.5) is 8.78 Å². The van der Waals surface area contributed by atoms with Crippen LogP contribution in [0, 0.1) is 11.6 Å². The summed E-state index contributed by atoms with van der Waals surface area (Å²) in [6.45, 7) is 1.81. The molecule has 0 heterocycles. The number of aliphatic carboxylic acids is 1. The predicted octanol–water partition coefficient (Wildman–Crippen LogP) is 2.83. The number of rotatable bonds is 8. The number of carbonyl (C=O) groups is 2. The zero-order valence-electron chi connectivity index (χ0n) is 11.9. The van der Waals surface area contributed by atoms with Crippen LogP contribution in [0.1, 0.15) is 44.1 Å². The number of amides is 1. The number of carbonyl (C=O) groups excluding carboxylic acids is 1. The molecule has 0 saturated heterocycles.